The highest BCUT2D eigenvalue weighted by Crippen LogP contribution is 2.26. The van der Waals surface area contributed by atoms with Crippen molar-refractivity contribution in [2.45, 2.75) is 25.9 Å². The van der Waals surface area contributed by atoms with Crippen LogP contribution in [0.2, 0.25) is 0 Å². The molecule has 1 aliphatic heterocycles. The van der Waals surface area contributed by atoms with Crippen molar-refractivity contribution in [3.63, 3.8) is 0 Å². The summed E-state index contributed by atoms with van der Waals surface area (Å²) in [5.41, 5.74) is 0. The Morgan fingerprint density at radius 3 is 2.82 bits per heavy atom. The molecule has 0 aromatic carbocycles. The Morgan fingerprint density at radius 2 is 2.18 bits per heavy atom. The summed E-state index contributed by atoms with van der Waals surface area (Å²) in [6.45, 7) is 4.54. The quantitative estimate of drug-likeness (QED) is 0.873. The molecule has 1 unspecified atom stereocenters. The number of hydrogen-bond donors (Lipinski definition) is 2. The third-order valence-electron chi connectivity index (χ3n) is 2.65. The monoisotopic (exact) mass is 300 g/mol. The second-order valence-electron chi connectivity index (χ2n) is 3.93. The molecular formula is C11H17BrN4O. The van der Waals surface area contributed by atoms with E-state index in [1.165, 1.54) is 0 Å². The molecule has 1 saturated heterocycles. The molecule has 1 aromatic heterocycles. The minimum Gasteiger partial charge on any atom is -0.376 e. The fourth-order valence-corrected chi connectivity index (χ4v) is 2.28. The molecule has 1 aliphatic rings. The third-order valence-corrected chi connectivity index (χ3v) is 3.41. The van der Waals surface area contributed by atoms with E-state index in [1.807, 2.05) is 6.92 Å². The van der Waals surface area contributed by atoms with Crippen molar-refractivity contribution in [2.24, 2.45) is 0 Å². The van der Waals surface area contributed by atoms with Crippen molar-refractivity contribution in [1.29, 1.82) is 0 Å². The number of halogens is 1. The first-order valence-electron chi connectivity index (χ1n) is 5.91. The zero-order chi connectivity index (χ0) is 12.1. The van der Waals surface area contributed by atoms with Crippen LogP contribution in [0, 0.1) is 0 Å². The van der Waals surface area contributed by atoms with Gasteiger partial charge in [-0.1, -0.05) is 0 Å². The van der Waals surface area contributed by atoms with Crippen molar-refractivity contribution < 1.29 is 4.74 Å². The van der Waals surface area contributed by atoms with E-state index in [-0.39, 0.29) is 0 Å². The number of nitrogens with one attached hydrogen (secondary N) is 2. The summed E-state index contributed by atoms with van der Waals surface area (Å²) >= 11 is 3.50. The van der Waals surface area contributed by atoms with Crippen molar-refractivity contribution in [3.8, 4) is 0 Å². The molecule has 0 aliphatic carbocycles. The van der Waals surface area contributed by atoms with Crippen LogP contribution in [-0.2, 0) is 4.74 Å². The molecule has 0 bridgehead atoms. The Kier molecular flexibility index (Phi) is 4.56. The highest BCUT2D eigenvalue weighted by molar-refractivity contribution is 9.10. The molecule has 2 rings (SSSR count). The molecule has 0 amide bonds. The van der Waals surface area contributed by atoms with Gasteiger partial charge in [0.2, 0.25) is 0 Å². The smallest absolute Gasteiger partial charge is 0.146 e. The third kappa shape index (κ3) is 3.29. The Hall–Kier alpha value is -0.880. The maximum absolute atomic E-state index is 5.56. The van der Waals surface area contributed by atoms with Crippen LogP contribution >= 0.6 is 15.9 Å². The number of rotatable bonds is 5. The number of hydrogen-bond acceptors (Lipinski definition) is 5. The van der Waals surface area contributed by atoms with Gasteiger partial charge >= 0.3 is 0 Å². The van der Waals surface area contributed by atoms with Gasteiger partial charge in [-0.25, -0.2) is 9.97 Å². The zero-order valence-electron chi connectivity index (χ0n) is 9.87. The molecule has 94 valence electrons. The topological polar surface area (TPSA) is 59.1 Å². The lowest BCUT2D eigenvalue weighted by molar-refractivity contribution is 0.120. The van der Waals surface area contributed by atoms with Gasteiger partial charge in [-0.05, 0) is 35.7 Å². The Morgan fingerprint density at radius 1 is 1.41 bits per heavy atom. The predicted molar refractivity (Wildman–Crippen MR) is 71.4 cm³/mol. The Balaban J connectivity index is 1.97. The van der Waals surface area contributed by atoms with E-state index >= 15 is 0 Å². The maximum atomic E-state index is 5.56. The van der Waals surface area contributed by atoms with E-state index in [0.717, 1.165) is 48.6 Å². The first-order valence-corrected chi connectivity index (χ1v) is 6.70. The van der Waals surface area contributed by atoms with E-state index < -0.39 is 0 Å². The van der Waals surface area contributed by atoms with Crippen molar-refractivity contribution in [2.75, 3.05) is 30.3 Å². The number of ether oxygens (including phenoxy) is 1. The van der Waals surface area contributed by atoms with Gasteiger partial charge in [-0.15, -0.1) is 0 Å². The minimum absolute atomic E-state index is 0.305. The summed E-state index contributed by atoms with van der Waals surface area (Å²) in [5.74, 6) is 1.63. The molecule has 1 atom stereocenters. The summed E-state index contributed by atoms with van der Waals surface area (Å²) in [6.07, 6.45) is 4.13. The lowest BCUT2D eigenvalue weighted by Gasteiger charge is -2.13. The lowest BCUT2D eigenvalue weighted by atomic mass is 10.2. The van der Waals surface area contributed by atoms with Crippen LogP contribution in [0.5, 0.6) is 0 Å². The maximum Gasteiger partial charge on any atom is 0.146 e. The van der Waals surface area contributed by atoms with Crippen molar-refractivity contribution >= 4 is 27.6 Å². The van der Waals surface area contributed by atoms with Gasteiger partial charge in [0.1, 0.15) is 22.4 Å². The van der Waals surface area contributed by atoms with Gasteiger partial charge in [-0.2, -0.15) is 0 Å². The minimum atomic E-state index is 0.305. The lowest BCUT2D eigenvalue weighted by Crippen LogP contribution is -2.19. The molecule has 5 nitrogen and oxygen atoms in total. The van der Waals surface area contributed by atoms with Crippen LogP contribution in [0.1, 0.15) is 19.8 Å². The summed E-state index contributed by atoms with van der Waals surface area (Å²) in [7, 11) is 0. The molecule has 0 radical (unpaired) electrons. The van der Waals surface area contributed by atoms with E-state index in [9.17, 15) is 0 Å². The first kappa shape index (κ1) is 12.6. The summed E-state index contributed by atoms with van der Waals surface area (Å²) in [6, 6.07) is 0. The molecule has 0 spiro atoms. The predicted octanol–water partition coefficient (Wildman–Crippen LogP) is 2.26. The SMILES string of the molecule is CCNc1ncnc(NCC2CCCO2)c1Br. The van der Waals surface area contributed by atoms with Crippen LogP contribution in [0.25, 0.3) is 0 Å². The van der Waals surface area contributed by atoms with E-state index in [0.29, 0.717) is 6.10 Å². The summed E-state index contributed by atoms with van der Waals surface area (Å²) < 4.78 is 6.43. The second-order valence-corrected chi connectivity index (χ2v) is 4.72. The van der Waals surface area contributed by atoms with Crippen LogP contribution in [0.3, 0.4) is 0 Å². The van der Waals surface area contributed by atoms with Crippen molar-refractivity contribution in [1.82, 2.24) is 9.97 Å². The average Bonchev–Trinajstić information content (AvgIpc) is 2.83. The van der Waals surface area contributed by atoms with Gasteiger partial charge in [-0.3, -0.25) is 0 Å². The molecule has 2 heterocycles. The summed E-state index contributed by atoms with van der Waals surface area (Å²) in [4.78, 5) is 8.39. The molecule has 2 N–H and O–H groups in total. The van der Waals surface area contributed by atoms with E-state index in [4.69, 9.17) is 4.74 Å². The normalized spacial score (nSPS) is 19.3. The molecule has 6 heteroatoms. The van der Waals surface area contributed by atoms with Crippen LogP contribution in [-0.4, -0.2) is 35.8 Å². The molecule has 0 saturated carbocycles. The van der Waals surface area contributed by atoms with Gasteiger partial charge in [0.25, 0.3) is 0 Å². The number of nitrogens with zero attached hydrogens (tertiary/aromatic N) is 2. The van der Waals surface area contributed by atoms with E-state index in [2.05, 4.69) is 36.5 Å². The average molecular weight is 301 g/mol. The van der Waals surface area contributed by atoms with Gasteiger partial charge in [0.05, 0.1) is 6.10 Å². The second kappa shape index (κ2) is 6.16. The number of anilines is 2. The Bertz CT molecular complexity index is 368. The van der Waals surface area contributed by atoms with Crippen LogP contribution < -0.4 is 10.6 Å². The van der Waals surface area contributed by atoms with Crippen LogP contribution in [0.15, 0.2) is 10.8 Å². The van der Waals surface area contributed by atoms with Crippen LogP contribution in [0.4, 0.5) is 11.6 Å². The van der Waals surface area contributed by atoms with E-state index in [1.54, 1.807) is 6.33 Å². The molecule has 1 fully saturated rings. The highest BCUT2D eigenvalue weighted by atomic mass is 79.9. The molecule has 17 heavy (non-hydrogen) atoms. The van der Waals surface area contributed by atoms with Gasteiger partial charge < -0.3 is 15.4 Å². The van der Waals surface area contributed by atoms with Crippen molar-refractivity contribution in [3.05, 3.63) is 10.8 Å². The molecule has 1 aromatic rings. The fraction of sp³-hybridized carbons (Fsp3) is 0.636. The highest BCUT2D eigenvalue weighted by Gasteiger charge is 2.16. The standard InChI is InChI=1S/C11H17BrN4O/c1-2-13-10-9(12)11(16-7-15-10)14-6-8-4-3-5-17-8/h7-8H,2-6H2,1H3,(H2,13,14,15,16). The fourth-order valence-electron chi connectivity index (χ4n) is 1.80. The Labute approximate surface area is 110 Å². The zero-order valence-corrected chi connectivity index (χ0v) is 11.5. The first-order chi connectivity index (χ1) is 8.31. The van der Waals surface area contributed by atoms with Gasteiger partial charge in [0.15, 0.2) is 0 Å². The summed E-state index contributed by atoms with van der Waals surface area (Å²) in [5, 5.41) is 6.47. The molecular weight excluding hydrogens is 284 g/mol. The largest absolute Gasteiger partial charge is 0.376 e. The van der Waals surface area contributed by atoms with Gasteiger partial charge in [0, 0.05) is 19.7 Å². The number of aromatic nitrogens is 2.